The van der Waals surface area contributed by atoms with Crippen molar-refractivity contribution >= 4 is 6.09 Å². The van der Waals surface area contributed by atoms with Gasteiger partial charge in [0.2, 0.25) is 0 Å². The summed E-state index contributed by atoms with van der Waals surface area (Å²) in [6, 6.07) is -0.213. The van der Waals surface area contributed by atoms with Gasteiger partial charge in [0.1, 0.15) is 5.60 Å². The molecule has 0 aliphatic carbocycles. The van der Waals surface area contributed by atoms with Crippen molar-refractivity contribution in [3.8, 4) is 0 Å². The Labute approximate surface area is 82.7 Å². The molecule has 0 radical (unpaired) electrons. The summed E-state index contributed by atoms with van der Waals surface area (Å²) in [5.41, 5.74) is -0.821. The largest absolute Gasteiger partial charge is 0.465 e. The fourth-order valence-corrected chi connectivity index (χ4v) is 2.34. The molecule has 3 N–H and O–H groups in total. The third-order valence-electron chi connectivity index (χ3n) is 3.23. The Kier molecular flexibility index (Phi) is 2.36. The Morgan fingerprint density at radius 2 is 2.14 bits per heavy atom. The molecule has 0 aromatic heterocycles. The van der Waals surface area contributed by atoms with Crippen LogP contribution < -0.4 is 5.32 Å². The first kappa shape index (κ1) is 9.73. The van der Waals surface area contributed by atoms with Gasteiger partial charge in [0, 0.05) is 19.6 Å². The number of carbonyl (C=O) groups is 1. The lowest BCUT2D eigenvalue weighted by Gasteiger charge is -2.49. The summed E-state index contributed by atoms with van der Waals surface area (Å²) >= 11 is 0. The van der Waals surface area contributed by atoms with E-state index >= 15 is 0 Å². The van der Waals surface area contributed by atoms with E-state index in [1.54, 1.807) is 0 Å². The van der Waals surface area contributed by atoms with Crippen LogP contribution in [0.2, 0.25) is 0 Å². The average molecular weight is 200 g/mol. The molecular formula is C9H16N2O3. The highest BCUT2D eigenvalue weighted by Gasteiger charge is 2.47. The second-order valence-corrected chi connectivity index (χ2v) is 4.19. The molecule has 2 aliphatic rings. The maximum absolute atomic E-state index is 10.9. The Hall–Kier alpha value is -0.810. The predicted octanol–water partition coefficient (Wildman–Crippen LogP) is -0.147. The van der Waals surface area contributed by atoms with E-state index in [0.717, 1.165) is 19.3 Å². The van der Waals surface area contributed by atoms with Crippen molar-refractivity contribution < 1.29 is 15.0 Å². The van der Waals surface area contributed by atoms with Gasteiger partial charge in [-0.15, -0.1) is 0 Å². The van der Waals surface area contributed by atoms with Gasteiger partial charge in [0.05, 0.1) is 6.04 Å². The molecule has 0 unspecified atom stereocenters. The smallest absolute Gasteiger partial charge is 0.407 e. The molecule has 1 amide bonds. The van der Waals surface area contributed by atoms with Gasteiger partial charge < -0.3 is 20.4 Å². The minimum Gasteiger partial charge on any atom is -0.465 e. The lowest BCUT2D eigenvalue weighted by Crippen LogP contribution is -2.71. The molecule has 2 fully saturated rings. The van der Waals surface area contributed by atoms with Crippen molar-refractivity contribution in [3.05, 3.63) is 0 Å². The fraction of sp³-hybridized carbons (Fsp3) is 0.889. The van der Waals surface area contributed by atoms with Crippen molar-refractivity contribution in [1.29, 1.82) is 0 Å². The molecule has 80 valence electrons. The van der Waals surface area contributed by atoms with E-state index in [-0.39, 0.29) is 6.04 Å². The van der Waals surface area contributed by atoms with Gasteiger partial charge in [-0.2, -0.15) is 0 Å². The summed E-state index contributed by atoms with van der Waals surface area (Å²) in [6.45, 7) is 1.59. The molecule has 0 bridgehead atoms. The van der Waals surface area contributed by atoms with Gasteiger partial charge in [0.25, 0.3) is 0 Å². The highest BCUT2D eigenvalue weighted by atomic mass is 16.4. The maximum atomic E-state index is 10.9. The molecule has 0 spiro atoms. The van der Waals surface area contributed by atoms with Crippen LogP contribution in [0, 0.1) is 0 Å². The first-order chi connectivity index (χ1) is 6.63. The highest BCUT2D eigenvalue weighted by Crippen LogP contribution is 2.28. The first-order valence-electron chi connectivity index (χ1n) is 5.06. The van der Waals surface area contributed by atoms with E-state index in [1.807, 2.05) is 0 Å². The molecule has 2 aliphatic heterocycles. The zero-order chi connectivity index (χ0) is 10.2. The van der Waals surface area contributed by atoms with Crippen LogP contribution in [0.1, 0.15) is 19.3 Å². The topological polar surface area (TPSA) is 72.8 Å². The number of carboxylic acid groups (broad SMARTS) is 1. The minimum atomic E-state index is -0.907. The number of nitrogens with one attached hydrogen (secondary N) is 1. The fourth-order valence-electron chi connectivity index (χ4n) is 2.34. The van der Waals surface area contributed by atoms with E-state index in [2.05, 4.69) is 5.32 Å². The molecule has 2 saturated heterocycles. The number of piperidine rings is 1. The van der Waals surface area contributed by atoms with Crippen LogP contribution in [0.3, 0.4) is 0 Å². The standard InChI is InChI=1S/C9H16N2O3/c12-8(13)11-4-2-1-3-7(11)9(14)5-10-6-9/h7,10,14H,1-6H2,(H,12,13)/t7-/m0/s1. The van der Waals surface area contributed by atoms with Crippen molar-refractivity contribution in [2.45, 2.75) is 30.9 Å². The SMILES string of the molecule is O=C(O)N1CCCC[C@H]1C1(O)CNC1. The molecule has 0 aromatic rings. The Balaban J connectivity index is 2.09. The van der Waals surface area contributed by atoms with Crippen molar-refractivity contribution in [2.24, 2.45) is 0 Å². The Morgan fingerprint density at radius 3 is 2.64 bits per heavy atom. The van der Waals surface area contributed by atoms with Gasteiger partial charge in [-0.3, -0.25) is 0 Å². The number of β-amino-alcohol motifs (C(OH)–C–C–N with tert-alkyl or cyclic N) is 1. The molecule has 2 heterocycles. The van der Waals surface area contributed by atoms with E-state index in [0.29, 0.717) is 19.6 Å². The van der Waals surface area contributed by atoms with Crippen molar-refractivity contribution in [3.63, 3.8) is 0 Å². The number of likely N-dealkylation sites (tertiary alicyclic amines) is 1. The summed E-state index contributed by atoms with van der Waals surface area (Å²) in [5, 5.41) is 22.1. The quantitative estimate of drug-likeness (QED) is 0.550. The summed E-state index contributed by atoms with van der Waals surface area (Å²) in [6.07, 6.45) is 1.79. The van der Waals surface area contributed by atoms with Crippen LogP contribution in [0.5, 0.6) is 0 Å². The summed E-state index contributed by atoms with van der Waals surface area (Å²) < 4.78 is 0. The van der Waals surface area contributed by atoms with Gasteiger partial charge in [-0.25, -0.2) is 4.79 Å². The van der Waals surface area contributed by atoms with Crippen molar-refractivity contribution in [1.82, 2.24) is 10.2 Å². The van der Waals surface area contributed by atoms with Crippen molar-refractivity contribution in [2.75, 3.05) is 19.6 Å². The second kappa shape index (κ2) is 3.40. The normalized spacial score (nSPS) is 30.9. The van der Waals surface area contributed by atoms with E-state index < -0.39 is 11.7 Å². The predicted molar refractivity (Wildman–Crippen MR) is 50.2 cm³/mol. The highest BCUT2D eigenvalue weighted by molar-refractivity contribution is 5.65. The lowest BCUT2D eigenvalue weighted by atomic mass is 9.82. The summed E-state index contributed by atoms with van der Waals surface area (Å²) in [4.78, 5) is 12.3. The number of hydrogen-bond donors (Lipinski definition) is 3. The first-order valence-corrected chi connectivity index (χ1v) is 5.06. The number of amides is 1. The van der Waals surface area contributed by atoms with Gasteiger partial charge in [-0.1, -0.05) is 0 Å². The molecule has 14 heavy (non-hydrogen) atoms. The third-order valence-corrected chi connectivity index (χ3v) is 3.23. The number of nitrogens with zero attached hydrogens (tertiary/aromatic N) is 1. The summed E-state index contributed by atoms with van der Waals surface area (Å²) in [5.74, 6) is 0. The number of hydrogen-bond acceptors (Lipinski definition) is 3. The monoisotopic (exact) mass is 200 g/mol. The van der Waals surface area contributed by atoms with Crippen LogP contribution >= 0.6 is 0 Å². The van der Waals surface area contributed by atoms with Crippen LogP contribution in [0.4, 0.5) is 4.79 Å². The molecule has 0 aromatic carbocycles. The summed E-state index contributed by atoms with van der Waals surface area (Å²) in [7, 11) is 0. The van der Waals surface area contributed by atoms with Gasteiger partial charge in [-0.05, 0) is 19.3 Å². The average Bonchev–Trinajstić information content (AvgIpc) is 2.14. The van der Waals surface area contributed by atoms with Gasteiger partial charge in [0.15, 0.2) is 0 Å². The molecular weight excluding hydrogens is 184 g/mol. The molecule has 2 rings (SSSR count). The van der Waals surface area contributed by atoms with Crippen LogP contribution in [-0.4, -0.2) is 52.5 Å². The Morgan fingerprint density at radius 1 is 1.43 bits per heavy atom. The second-order valence-electron chi connectivity index (χ2n) is 4.19. The van der Waals surface area contributed by atoms with Gasteiger partial charge >= 0.3 is 6.09 Å². The Bertz CT molecular complexity index is 240. The molecule has 5 heteroatoms. The maximum Gasteiger partial charge on any atom is 0.407 e. The lowest BCUT2D eigenvalue weighted by molar-refractivity contribution is -0.0866. The zero-order valence-electron chi connectivity index (χ0n) is 8.07. The van der Waals surface area contributed by atoms with E-state index in [4.69, 9.17) is 5.11 Å². The number of aliphatic hydroxyl groups is 1. The molecule has 5 nitrogen and oxygen atoms in total. The van der Waals surface area contributed by atoms with Crippen LogP contribution in [-0.2, 0) is 0 Å². The minimum absolute atomic E-state index is 0.213. The molecule has 1 atom stereocenters. The van der Waals surface area contributed by atoms with E-state index in [9.17, 15) is 9.90 Å². The molecule has 0 saturated carbocycles. The van der Waals surface area contributed by atoms with Crippen LogP contribution in [0.15, 0.2) is 0 Å². The van der Waals surface area contributed by atoms with Crippen LogP contribution in [0.25, 0.3) is 0 Å². The zero-order valence-corrected chi connectivity index (χ0v) is 8.07. The number of rotatable bonds is 1. The third kappa shape index (κ3) is 1.46. The van der Waals surface area contributed by atoms with E-state index in [1.165, 1.54) is 4.90 Å².